The molecule has 25 rings (SSSR count). The summed E-state index contributed by atoms with van der Waals surface area (Å²) < 4.78 is 30.0. The highest BCUT2D eigenvalue weighted by molar-refractivity contribution is 6.31. The van der Waals surface area contributed by atoms with Crippen LogP contribution in [-0.2, 0) is 43.0 Å². The lowest BCUT2D eigenvalue weighted by Crippen LogP contribution is -2.48. The first-order valence-electron chi connectivity index (χ1n) is 53.8. The fraction of sp³-hybridized carbons (Fsp3) is 0.618. The van der Waals surface area contributed by atoms with Crippen LogP contribution in [0.2, 0.25) is 10.2 Å². The average molecular weight is 2020 g/mol. The van der Waals surface area contributed by atoms with Gasteiger partial charge in [-0.1, -0.05) is 71.7 Å². The predicted molar refractivity (Wildman–Crippen MR) is 564 cm³/mol. The molecule has 33 nitrogen and oxygen atoms in total. The second-order valence-corrected chi connectivity index (χ2v) is 47.2. The highest BCUT2D eigenvalue weighted by Crippen LogP contribution is 2.57. The van der Waals surface area contributed by atoms with Crippen molar-refractivity contribution in [2.24, 2.45) is 38.9 Å². The summed E-state index contributed by atoms with van der Waals surface area (Å²) in [6.45, 7) is 27.6. The van der Waals surface area contributed by atoms with Gasteiger partial charge in [0.15, 0.2) is 33.9 Å². The normalized spacial score (nSPS) is 23.2. The summed E-state index contributed by atoms with van der Waals surface area (Å²) >= 11 is 12.2. The van der Waals surface area contributed by atoms with Gasteiger partial charge in [-0.2, -0.15) is 0 Å². The molecule has 15 heterocycles. The third-order valence-corrected chi connectivity index (χ3v) is 33.8. The maximum Gasteiger partial charge on any atom is 0.227 e. The van der Waals surface area contributed by atoms with Gasteiger partial charge in [0.05, 0.1) is 29.0 Å². The van der Waals surface area contributed by atoms with E-state index < -0.39 is 0 Å². The van der Waals surface area contributed by atoms with Crippen molar-refractivity contribution in [2.75, 3.05) is 51.7 Å². The van der Waals surface area contributed by atoms with Crippen molar-refractivity contribution >= 4 is 161 Å². The van der Waals surface area contributed by atoms with Gasteiger partial charge in [-0.25, -0.2) is 59.8 Å². The van der Waals surface area contributed by atoms with Gasteiger partial charge in [0, 0.05) is 117 Å². The van der Waals surface area contributed by atoms with Gasteiger partial charge in [-0.15, -0.1) is 0 Å². The van der Waals surface area contributed by atoms with Crippen molar-refractivity contribution in [3.8, 4) is 0 Å². The van der Waals surface area contributed by atoms with Gasteiger partial charge in [-0.3, -0.25) is 88.1 Å². The summed E-state index contributed by atoms with van der Waals surface area (Å²) in [7, 11) is 0. The molecule has 13 aliphatic rings. The summed E-state index contributed by atoms with van der Waals surface area (Å²) in [5.74, 6) is 4.70. The van der Waals surface area contributed by atoms with Crippen LogP contribution in [0.1, 0.15) is 351 Å². The van der Waals surface area contributed by atoms with Crippen molar-refractivity contribution < 1.29 is 43.0 Å². The number of fused-ring (bicyclic) bond motifs is 8. The molecule has 0 bridgehead atoms. The van der Waals surface area contributed by atoms with E-state index in [1.54, 1.807) is 6.07 Å². The third-order valence-electron chi connectivity index (χ3n) is 33.2. The Hall–Kier alpha value is -11.0. The molecule has 10 saturated carbocycles. The lowest BCUT2D eigenvalue weighted by atomic mass is 9.59. The maximum atomic E-state index is 12.7. The summed E-state index contributed by atoms with van der Waals surface area (Å²) in [6.07, 6.45) is 38.9. The second kappa shape index (κ2) is 42.0. The number of rotatable bonds is 26. The van der Waals surface area contributed by atoms with Crippen molar-refractivity contribution in [1.29, 1.82) is 0 Å². The minimum Gasteiger partial charge on any atom is -0.378 e. The van der Waals surface area contributed by atoms with Crippen LogP contribution in [0.25, 0.3) is 67.0 Å². The van der Waals surface area contributed by atoms with Crippen LogP contribution in [0.4, 0.5) is 35.7 Å². The number of aromatic nitrogens is 18. The second-order valence-electron chi connectivity index (χ2n) is 46.4. The first kappa shape index (κ1) is 101. The number of aryl methyl sites for hydroxylation is 5. The van der Waals surface area contributed by atoms with Gasteiger partial charge in [0.2, 0.25) is 71.1 Å². The average Bonchev–Trinajstić information content (AvgIpc) is 1.61. The maximum absolute atomic E-state index is 12.7. The van der Waals surface area contributed by atoms with E-state index in [1.807, 2.05) is 116 Å². The fourth-order valence-corrected chi connectivity index (χ4v) is 22.9. The molecular formula is C110H144Cl2N24O9. The molecule has 3 aliphatic heterocycles. The van der Waals surface area contributed by atoms with E-state index in [9.17, 15) is 28.8 Å². The number of ether oxygens (including phenoxy) is 3. The Morgan fingerprint density at radius 3 is 0.972 bits per heavy atom. The zero-order valence-electron chi connectivity index (χ0n) is 86.5. The number of halogens is 2. The summed E-state index contributed by atoms with van der Waals surface area (Å²) in [5, 5.41) is 19.2. The Morgan fingerprint density at radius 1 is 0.352 bits per heavy atom. The minimum absolute atomic E-state index is 0.0121. The molecule has 7 atom stereocenters. The molecular weight excluding hydrogens is 1870 g/mol. The Balaban J connectivity index is 0.000000106. The number of amides is 6. The molecule has 0 aromatic carbocycles. The first-order chi connectivity index (χ1) is 69.6. The van der Waals surface area contributed by atoms with E-state index in [0.29, 0.717) is 154 Å². The molecule has 6 N–H and O–H groups in total. The molecule has 12 aromatic rings. The zero-order valence-corrected chi connectivity index (χ0v) is 88.0. The number of pyridine rings is 6. The number of nitrogens with one attached hydrogen (secondary N) is 6. The van der Waals surface area contributed by atoms with E-state index in [2.05, 4.69) is 147 Å². The summed E-state index contributed by atoms with van der Waals surface area (Å²) in [4.78, 5) is 130. The first-order valence-corrected chi connectivity index (χ1v) is 54.5. The van der Waals surface area contributed by atoms with E-state index in [4.69, 9.17) is 37.4 Å². The molecule has 2 unspecified atom stereocenters. The highest BCUT2D eigenvalue weighted by atomic mass is 35.5. The fourth-order valence-electron chi connectivity index (χ4n) is 22.6. The lowest BCUT2D eigenvalue weighted by molar-refractivity contribution is -0.126. The van der Waals surface area contributed by atoms with Crippen molar-refractivity contribution in [1.82, 2.24) is 87.2 Å². The van der Waals surface area contributed by atoms with E-state index >= 15 is 0 Å². The molecule has 35 heteroatoms. The van der Waals surface area contributed by atoms with Gasteiger partial charge < -0.3 is 14.2 Å². The number of anilines is 6. The standard InChI is InChI=1S/2C20H26N4O2.C18H24N4O2.C18H24N4O.C17H21ClN4O.C17H23ClN4O/c2*1-12-6-7-15-18(21-12)24(14-4-3-5-14)19(22-15)23-16(25)10-13-11-20(2)8-9-26-17(13)20;1-12-7-9-15-17(19-12)22(13-4-2-5-13)18(20-15)21-16(23)10-8-14-6-3-11-24-14;1-12-6-7-14-16(19-12)22(13-4-3-5-13)17(20-14)21-15(23)8-9-18(2)10-11-18;1-17(9-10-17)8-7-14(23)21-16-19-12-5-6-13(18)20-15(12)22(16)11-3-2-4-11;1-10-12(18)8-13-15(19-10)22(11-6-5-7-11)16(20-13)21-14(23)9-17(2,3)4/h2*6-7,13-14,17H,3-5,8-11H2,1-2H3,(H,22,23,25);7,9,13-14H,2-6,8,10-11H2,1H3,(H,20,21,23);6-7,13H,3-5,8-11H2,1-2H3,(H,20,21,23);5-6,11H,2-4,7-10H2,1H3,(H,19,21,23);8,11H,5-7,9H2,1-4H3,(H,20,21,23)/t13?,17-,20+;13?,17-,20-;14-;;;/m110.../s1. The molecule has 13 fully saturated rings. The smallest absolute Gasteiger partial charge is 0.227 e. The number of nitrogens with zero attached hydrogens (tertiary/aromatic N) is 18. The number of hydrogen-bond donors (Lipinski definition) is 6. The van der Waals surface area contributed by atoms with Crippen LogP contribution < -0.4 is 31.9 Å². The predicted octanol–water partition coefficient (Wildman–Crippen LogP) is 23.4. The molecule has 0 radical (unpaired) electrons. The monoisotopic (exact) mass is 2020 g/mol. The third kappa shape index (κ3) is 22.7. The number of carbonyl (C=O) groups excluding carboxylic acids is 6. The van der Waals surface area contributed by atoms with Crippen molar-refractivity contribution in [2.45, 2.75) is 375 Å². The molecule has 10 aliphatic carbocycles. The Morgan fingerprint density at radius 2 is 0.662 bits per heavy atom. The summed E-state index contributed by atoms with van der Waals surface area (Å²) in [5.41, 5.74) is 16.1. The van der Waals surface area contributed by atoms with E-state index in [-0.39, 0.29) is 59.2 Å². The lowest BCUT2D eigenvalue weighted by Gasteiger charge is -2.47. The highest BCUT2D eigenvalue weighted by Gasteiger charge is 2.56. The van der Waals surface area contributed by atoms with Crippen LogP contribution in [0.15, 0.2) is 66.7 Å². The molecule has 145 heavy (non-hydrogen) atoms. The number of hydrogen-bond acceptors (Lipinski definition) is 21. The Kier molecular flexibility index (Phi) is 29.3. The Bertz CT molecular complexity index is 6570. The topological polar surface area (TPSA) is 387 Å². The van der Waals surface area contributed by atoms with Crippen LogP contribution in [0.5, 0.6) is 0 Å². The number of carbonyl (C=O) groups is 6. The molecule has 12 aromatic heterocycles. The quantitative estimate of drug-likeness (QED) is 0.0274. The van der Waals surface area contributed by atoms with Gasteiger partial charge in [0.1, 0.15) is 38.3 Å². The van der Waals surface area contributed by atoms with Gasteiger partial charge in [-0.05, 0) is 339 Å². The van der Waals surface area contributed by atoms with Crippen LogP contribution in [-0.4, -0.2) is 161 Å². The van der Waals surface area contributed by atoms with E-state index in [0.717, 1.165) is 250 Å². The molecule has 0 spiro atoms. The van der Waals surface area contributed by atoms with Crippen LogP contribution >= 0.6 is 23.2 Å². The van der Waals surface area contributed by atoms with Gasteiger partial charge >= 0.3 is 0 Å². The minimum atomic E-state index is -0.0600. The Labute approximate surface area is 857 Å². The largest absolute Gasteiger partial charge is 0.378 e. The zero-order chi connectivity index (χ0) is 101. The van der Waals surface area contributed by atoms with Crippen molar-refractivity contribution in [3.63, 3.8) is 0 Å². The van der Waals surface area contributed by atoms with Crippen LogP contribution in [0, 0.1) is 73.5 Å². The summed E-state index contributed by atoms with van der Waals surface area (Å²) in [6, 6.07) is 23.6. The number of imidazole rings is 6. The van der Waals surface area contributed by atoms with Crippen molar-refractivity contribution in [3.05, 3.63) is 105 Å². The van der Waals surface area contributed by atoms with Crippen LogP contribution in [0.3, 0.4) is 0 Å². The van der Waals surface area contributed by atoms with E-state index in [1.165, 1.54) is 64.2 Å². The molecule has 6 amide bonds. The SMILES string of the molecule is CC1(CCC(=O)Nc2nc3ccc(Cl)nc3n2C2CCC2)CC1.Cc1ccc2nc(NC(=O)CC3C[C@@]4(C)CCO[C@H]34)n(C3CCC3)c2n1.Cc1ccc2nc(NC(=O)CC3C[C@]4(C)CCO[C@H]34)n(C3CCC3)c2n1.Cc1ccc2nc(NC(=O)CCC3(C)CC3)n(C3CCC3)c2n1.Cc1ccc2nc(NC(=O)CC[C@@H]3CCCO3)n(C3CCC3)c2n1.Cc1nc2c(cc1Cl)nc(NC(=O)CC(C)(C)C)n2C1CCC1. The molecule has 3 saturated heterocycles. The van der Waals surface area contributed by atoms with Gasteiger partial charge in [0.25, 0.3) is 0 Å². The molecule has 772 valence electrons.